The number of amides is 2. The van der Waals surface area contributed by atoms with E-state index in [1.807, 2.05) is 24.3 Å². The Balaban J connectivity index is 1.82. The highest BCUT2D eigenvalue weighted by atomic mass is 16.5. The number of methoxy groups -OCH3 is 2. The van der Waals surface area contributed by atoms with Crippen LogP contribution in [0.1, 0.15) is 10.4 Å². The number of ether oxygens (including phenoxy) is 2. The molecule has 2 aromatic carbocycles. The van der Waals surface area contributed by atoms with Crippen LogP contribution >= 0.6 is 0 Å². The van der Waals surface area contributed by atoms with Crippen molar-refractivity contribution in [3.63, 3.8) is 0 Å². The number of carbonyl (C=O) groups is 2. The first-order valence-corrected chi connectivity index (χ1v) is 8.17. The van der Waals surface area contributed by atoms with Crippen molar-refractivity contribution >= 4 is 23.2 Å². The maximum Gasteiger partial charge on any atom is 0.251 e. The van der Waals surface area contributed by atoms with Gasteiger partial charge in [-0.2, -0.15) is 0 Å². The van der Waals surface area contributed by atoms with Gasteiger partial charge in [-0.15, -0.1) is 0 Å². The normalized spacial score (nSPS) is 10.1. The Morgan fingerprint density at radius 1 is 1.00 bits per heavy atom. The molecule has 138 valence electrons. The van der Waals surface area contributed by atoms with E-state index in [4.69, 9.17) is 9.47 Å². The minimum atomic E-state index is -0.190. The topological polar surface area (TPSA) is 88.7 Å². The fourth-order valence-corrected chi connectivity index (χ4v) is 2.19. The summed E-state index contributed by atoms with van der Waals surface area (Å²) in [5.74, 6) is 0.347. The Morgan fingerprint density at radius 3 is 2.46 bits per heavy atom. The van der Waals surface area contributed by atoms with E-state index in [0.29, 0.717) is 24.4 Å². The smallest absolute Gasteiger partial charge is 0.251 e. The molecule has 0 atom stereocenters. The van der Waals surface area contributed by atoms with Crippen molar-refractivity contribution in [3.05, 3.63) is 54.1 Å². The maximum absolute atomic E-state index is 12.0. The lowest BCUT2D eigenvalue weighted by Gasteiger charge is -2.09. The summed E-state index contributed by atoms with van der Waals surface area (Å²) in [7, 11) is 3.17. The highest BCUT2D eigenvalue weighted by Gasteiger charge is 2.06. The number of rotatable bonds is 9. The molecule has 0 heterocycles. The van der Waals surface area contributed by atoms with Gasteiger partial charge >= 0.3 is 0 Å². The summed E-state index contributed by atoms with van der Waals surface area (Å²) in [5.41, 5.74) is 1.94. The molecule has 2 amide bonds. The first kappa shape index (κ1) is 19.3. The largest absolute Gasteiger partial charge is 0.497 e. The van der Waals surface area contributed by atoms with Crippen molar-refractivity contribution in [1.82, 2.24) is 5.32 Å². The Morgan fingerprint density at radius 2 is 1.77 bits per heavy atom. The van der Waals surface area contributed by atoms with Crippen LogP contribution in [0.5, 0.6) is 5.75 Å². The third-order valence-electron chi connectivity index (χ3n) is 3.55. The van der Waals surface area contributed by atoms with Crippen LogP contribution in [-0.2, 0) is 9.53 Å². The van der Waals surface area contributed by atoms with E-state index in [-0.39, 0.29) is 18.4 Å². The van der Waals surface area contributed by atoms with Gasteiger partial charge in [-0.3, -0.25) is 9.59 Å². The monoisotopic (exact) mass is 357 g/mol. The zero-order valence-electron chi connectivity index (χ0n) is 14.9. The van der Waals surface area contributed by atoms with E-state index in [0.717, 1.165) is 11.4 Å². The first-order valence-electron chi connectivity index (χ1n) is 8.17. The molecule has 0 aliphatic carbocycles. The molecule has 0 bridgehead atoms. The second kappa shape index (κ2) is 10.0. The molecule has 3 N–H and O–H groups in total. The Hall–Kier alpha value is -3.06. The second-order valence-electron chi connectivity index (χ2n) is 5.46. The molecule has 0 saturated carbocycles. The predicted molar refractivity (Wildman–Crippen MR) is 101 cm³/mol. The maximum atomic E-state index is 12.0. The van der Waals surface area contributed by atoms with Crippen LogP contribution in [0.25, 0.3) is 0 Å². The van der Waals surface area contributed by atoms with E-state index >= 15 is 0 Å². The Kier molecular flexibility index (Phi) is 7.45. The number of hydrogen-bond donors (Lipinski definition) is 3. The van der Waals surface area contributed by atoms with Crippen molar-refractivity contribution in [2.75, 3.05) is 44.5 Å². The van der Waals surface area contributed by atoms with Crippen molar-refractivity contribution in [2.24, 2.45) is 0 Å². The zero-order valence-corrected chi connectivity index (χ0v) is 14.9. The van der Waals surface area contributed by atoms with Crippen LogP contribution in [0.15, 0.2) is 48.5 Å². The van der Waals surface area contributed by atoms with Gasteiger partial charge in [-0.1, -0.05) is 6.07 Å². The molecule has 2 aromatic rings. The number of anilines is 2. The summed E-state index contributed by atoms with van der Waals surface area (Å²) in [6.45, 7) is 1.02. The summed E-state index contributed by atoms with van der Waals surface area (Å²) in [5, 5.41) is 8.54. The molecule has 0 fully saturated rings. The summed E-state index contributed by atoms with van der Waals surface area (Å²) in [6, 6.07) is 14.0. The second-order valence-corrected chi connectivity index (χ2v) is 5.46. The van der Waals surface area contributed by atoms with E-state index in [1.54, 1.807) is 38.5 Å². The summed E-state index contributed by atoms with van der Waals surface area (Å²) in [4.78, 5) is 23.9. The van der Waals surface area contributed by atoms with Gasteiger partial charge in [0.05, 0.1) is 20.3 Å². The fraction of sp³-hybridized carbons (Fsp3) is 0.263. The Bertz CT molecular complexity index is 732. The fourth-order valence-electron chi connectivity index (χ4n) is 2.19. The molecule has 0 unspecified atom stereocenters. The number of nitrogens with one attached hydrogen (secondary N) is 3. The number of carbonyl (C=O) groups excluding carboxylic acids is 2. The van der Waals surface area contributed by atoms with E-state index in [2.05, 4.69) is 16.0 Å². The molecule has 0 saturated heterocycles. The average molecular weight is 357 g/mol. The van der Waals surface area contributed by atoms with Gasteiger partial charge in [-0.05, 0) is 36.4 Å². The molecular formula is C19H23N3O4. The Labute approximate surface area is 152 Å². The lowest BCUT2D eigenvalue weighted by atomic mass is 10.2. The molecule has 7 nitrogen and oxygen atoms in total. The molecule has 2 rings (SSSR count). The van der Waals surface area contributed by atoms with Crippen molar-refractivity contribution in [1.29, 1.82) is 0 Å². The molecule has 0 aliphatic heterocycles. The molecular weight excluding hydrogens is 334 g/mol. The van der Waals surface area contributed by atoms with Gasteiger partial charge in [0.25, 0.3) is 5.91 Å². The van der Waals surface area contributed by atoms with Crippen molar-refractivity contribution in [3.8, 4) is 5.75 Å². The molecule has 0 spiro atoms. The van der Waals surface area contributed by atoms with E-state index in [9.17, 15) is 9.59 Å². The SMILES string of the molecule is COCCNC(=O)c1ccc(NC(=O)CNc2cccc(OC)c2)cc1. The van der Waals surface area contributed by atoms with Crippen LogP contribution in [0, 0.1) is 0 Å². The van der Waals surface area contributed by atoms with Gasteiger partial charge in [-0.25, -0.2) is 0 Å². The third kappa shape index (κ3) is 6.10. The van der Waals surface area contributed by atoms with Crippen LogP contribution in [-0.4, -0.2) is 45.7 Å². The van der Waals surface area contributed by atoms with Crippen molar-refractivity contribution in [2.45, 2.75) is 0 Å². The van der Waals surface area contributed by atoms with E-state index < -0.39 is 0 Å². The lowest BCUT2D eigenvalue weighted by molar-refractivity contribution is -0.114. The standard InChI is InChI=1S/C19H23N3O4/c1-25-11-10-20-19(24)14-6-8-15(9-7-14)22-18(23)13-21-16-4-3-5-17(12-16)26-2/h3-9,12,21H,10-11,13H2,1-2H3,(H,20,24)(H,22,23). The van der Waals surface area contributed by atoms with E-state index in [1.165, 1.54) is 0 Å². The van der Waals surface area contributed by atoms with Crippen molar-refractivity contribution < 1.29 is 19.1 Å². The highest BCUT2D eigenvalue weighted by molar-refractivity contribution is 5.96. The van der Waals surface area contributed by atoms with Crippen LogP contribution in [0.2, 0.25) is 0 Å². The van der Waals surface area contributed by atoms with Gasteiger partial charge in [0.2, 0.25) is 5.91 Å². The molecule has 7 heteroatoms. The average Bonchev–Trinajstić information content (AvgIpc) is 2.67. The minimum Gasteiger partial charge on any atom is -0.497 e. The predicted octanol–water partition coefficient (Wildman–Crippen LogP) is 2.12. The summed E-state index contributed by atoms with van der Waals surface area (Å²) in [6.07, 6.45) is 0. The van der Waals surface area contributed by atoms with Crippen LogP contribution in [0.3, 0.4) is 0 Å². The van der Waals surface area contributed by atoms with Gasteiger partial charge < -0.3 is 25.4 Å². The van der Waals surface area contributed by atoms with Crippen LogP contribution < -0.4 is 20.7 Å². The summed E-state index contributed by atoms with van der Waals surface area (Å²) >= 11 is 0. The first-order chi connectivity index (χ1) is 12.6. The number of hydrogen-bond acceptors (Lipinski definition) is 5. The lowest BCUT2D eigenvalue weighted by Crippen LogP contribution is -2.27. The van der Waals surface area contributed by atoms with Gasteiger partial charge in [0, 0.05) is 36.7 Å². The molecule has 0 radical (unpaired) electrons. The van der Waals surface area contributed by atoms with Gasteiger partial charge in [0.15, 0.2) is 0 Å². The van der Waals surface area contributed by atoms with Crippen LogP contribution in [0.4, 0.5) is 11.4 Å². The number of benzene rings is 2. The quantitative estimate of drug-likeness (QED) is 0.598. The summed E-state index contributed by atoms with van der Waals surface area (Å²) < 4.78 is 10.0. The van der Waals surface area contributed by atoms with Gasteiger partial charge in [0.1, 0.15) is 5.75 Å². The molecule has 0 aromatic heterocycles. The molecule has 26 heavy (non-hydrogen) atoms. The third-order valence-corrected chi connectivity index (χ3v) is 3.55. The zero-order chi connectivity index (χ0) is 18.8. The minimum absolute atomic E-state index is 0.117. The molecule has 0 aliphatic rings. The highest BCUT2D eigenvalue weighted by Crippen LogP contribution is 2.16.